The predicted octanol–water partition coefficient (Wildman–Crippen LogP) is 6.23. The fourth-order valence-corrected chi connectivity index (χ4v) is 6.86. The lowest BCUT2D eigenvalue weighted by atomic mass is 9.95. The van der Waals surface area contributed by atoms with Crippen molar-refractivity contribution in [3.8, 4) is 17.6 Å². The van der Waals surface area contributed by atoms with Gasteiger partial charge in [-0.2, -0.15) is 5.26 Å². The molecule has 0 fully saturated rings. The summed E-state index contributed by atoms with van der Waals surface area (Å²) in [6.07, 6.45) is 1.73. The number of nitrogens with one attached hydrogen (secondary N) is 1. The number of fused-ring (bicyclic) bond motifs is 1. The van der Waals surface area contributed by atoms with Gasteiger partial charge < -0.3 is 14.8 Å². The number of amides is 1. The third kappa shape index (κ3) is 6.65. The molecule has 4 aromatic carbocycles. The first-order chi connectivity index (χ1) is 22.7. The van der Waals surface area contributed by atoms with Crippen LogP contribution in [0.25, 0.3) is 6.08 Å². The number of hydrogen-bond donors (Lipinski definition) is 1. The lowest BCUT2D eigenvalue weighted by molar-refractivity contribution is -0.113. The number of hydrogen-bond acceptors (Lipinski definition) is 7. The minimum Gasteiger partial charge on any atom is -0.493 e. The number of nitriles is 1. The maximum Gasteiger partial charge on any atom is 0.271 e. The smallest absolute Gasteiger partial charge is 0.271 e. The Hall–Kier alpha value is -5.31. The van der Waals surface area contributed by atoms with Crippen molar-refractivity contribution < 1.29 is 18.7 Å². The number of allylic oxidation sites excluding steroid dienone is 1. The first-order valence-electron chi connectivity index (χ1n) is 14.4. The molecule has 234 valence electrons. The Kier molecular flexibility index (Phi) is 9.15. The maximum atomic E-state index is 14.1. The van der Waals surface area contributed by atoms with Crippen LogP contribution in [0.15, 0.2) is 117 Å². The average Bonchev–Trinajstić information content (AvgIpc) is 3.37. The Morgan fingerprint density at radius 1 is 1.11 bits per heavy atom. The third-order valence-electron chi connectivity index (χ3n) is 7.50. The van der Waals surface area contributed by atoms with Crippen molar-refractivity contribution >= 4 is 44.9 Å². The first-order valence-corrected chi connectivity index (χ1v) is 16.0. The fourth-order valence-electron chi connectivity index (χ4n) is 5.24. The normalized spacial score (nSPS) is 14.2. The van der Waals surface area contributed by atoms with Gasteiger partial charge in [0.05, 0.1) is 45.1 Å². The van der Waals surface area contributed by atoms with Crippen LogP contribution in [0.5, 0.6) is 11.5 Å². The summed E-state index contributed by atoms with van der Waals surface area (Å²) in [7, 11) is 1.53. The highest BCUT2D eigenvalue weighted by Crippen LogP contribution is 2.37. The van der Waals surface area contributed by atoms with Gasteiger partial charge in [0.25, 0.3) is 11.5 Å². The van der Waals surface area contributed by atoms with E-state index in [0.29, 0.717) is 53.4 Å². The molecule has 0 bridgehead atoms. The zero-order valence-corrected chi connectivity index (χ0v) is 27.6. The summed E-state index contributed by atoms with van der Waals surface area (Å²) in [6.45, 7) is 1.98. The average molecular weight is 710 g/mol. The number of carbonyl (C=O) groups is 1. The molecule has 1 N–H and O–H groups in total. The number of carbonyl (C=O) groups excluding carboxylic acids is 1. The van der Waals surface area contributed by atoms with Crippen LogP contribution in [0.4, 0.5) is 10.1 Å². The van der Waals surface area contributed by atoms with Crippen LogP contribution in [0.2, 0.25) is 0 Å². The molecule has 6 rings (SSSR count). The van der Waals surface area contributed by atoms with Gasteiger partial charge in [-0.1, -0.05) is 53.8 Å². The number of methoxy groups -OCH3 is 1. The Morgan fingerprint density at radius 2 is 1.83 bits per heavy atom. The summed E-state index contributed by atoms with van der Waals surface area (Å²) in [6, 6.07) is 26.7. The largest absolute Gasteiger partial charge is 0.493 e. The molecule has 11 heteroatoms. The molecule has 0 radical (unpaired) electrons. The van der Waals surface area contributed by atoms with Crippen molar-refractivity contribution in [1.82, 2.24) is 4.57 Å². The molecule has 1 atom stereocenters. The summed E-state index contributed by atoms with van der Waals surface area (Å²) in [5.74, 6) is 0.0933. The van der Waals surface area contributed by atoms with E-state index < -0.39 is 17.8 Å². The molecule has 5 aromatic rings. The third-order valence-corrected chi connectivity index (χ3v) is 9.07. The van der Waals surface area contributed by atoms with E-state index in [0.717, 1.165) is 5.56 Å². The summed E-state index contributed by atoms with van der Waals surface area (Å²) in [5.41, 5.74) is 3.66. The van der Waals surface area contributed by atoms with Gasteiger partial charge in [-0.3, -0.25) is 14.2 Å². The van der Waals surface area contributed by atoms with Crippen LogP contribution in [0.3, 0.4) is 0 Å². The second kappa shape index (κ2) is 13.6. The van der Waals surface area contributed by atoms with Gasteiger partial charge in [-0.05, 0) is 94.2 Å². The van der Waals surface area contributed by atoms with E-state index >= 15 is 0 Å². The number of nitrogens with zero attached hydrogens (tertiary/aromatic N) is 3. The van der Waals surface area contributed by atoms with E-state index in [-0.39, 0.29) is 17.7 Å². The molecule has 0 saturated heterocycles. The summed E-state index contributed by atoms with van der Waals surface area (Å²) < 4.78 is 28.1. The van der Waals surface area contributed by atoms with Crippen LogP contribution >= 0.6 is 27.3 Å². The van der Waals surface area contributed by atoms with Gasteiger partial charge in [0.15, 0.2) is 16.3 Å². The molecule has 1 amide bonds. The van der Waals surface area contributed by atoms with Crippen molar-refractivity contribution in [3.63, 3.8) is 0 Å². The second-order valence-corrected chi connectivity index (χ2v) is 12.4. The number of rotatable bonds is 8. The Labute approximate surface area is 281 Å². The van der Waals surface area contributed by atoms with Crippen LogP contribution in [-0.4, -0.2) is 17.6 Å². The highest BCUT2D eigenvalue weighted by molar-refractivity contribution is 9.10. The van der Waals surface area contributed by atoms with Crippen molar-refractivity contribution in [2.24, 2.45) is 4.99 Å². The number of benzene rings is 4. The molecule has 0 aliphatic carbocycles. The standard InChI is InChI=1S/C36H26BrFN4O4S/c1-21-31(34(43)41-27-6-4-3-5-7-27)32(25-12-14-26(38)15-13-25)42-35(44)30(47-36(42)40-21)18-24-16-28(37)33(29(17-24)45-2)46-20-23-10-8-22(19-39)9-11-23/h3-18,32H,20H2,1-2H3,(H,41,43)/b30-18+/t32-/m0/s1. The number of ether oxygens (including phenoxy) is 2. The summed E-state index contributed by atoms with van der Waals surface area (Å²) >= 11 is 4.77. The van der Waals surface area contributed by atoms with E-state index in [4.69, 9.17) is 14.7 Å². The van der Waals surface area contributed by atoms with Gasteiger partial charge in [0.2, 0.25) is 0 Å². The highest BCUT2D eigenvalue weighted by atomic mass is 79.9. The van der Waals surface area contributed by atoms with Crippen molar-refractivity contribution in [3.05, 3.63) is 154 Å². The quantitative estimate of drug-likeness (QED) is 0.206. The van der Waals surface area contributed by atoms with Crippen molar-refractivity contribution in [2.45, 2.75) is 19.6 Å². The maximum absolute atomic E-state index is 14.1. The Bertz CT molecular complexity index is 2240. The molecular weight excluding hydrogens is 683 g/mol. The number of halogens is 2. The lowest BCUT2D eigenvalue weighted by Crippen LogP contribution is -2.40. The summed E-state index contributed by atoms with van der Waals surface area (Å²) in [4.78, 5) is 32.9. The molecule has 47 heavy (non-hydrogen) atoms. The van der Waals surface area contributed by atoms with Crippen molar-refractivity contribution in [2.75, 3.05) is 12.4 Å². The first kappa shape index (κ1) is 31.7. The lowest BCUT2D eigenvalue weighted by Gasteiger charge is -2.25. The van der Waals surface area contributed by atoms with Gasteiger partial charge >= 0.3 is 0 Å². The van der Waals surface area contributed by atoms with E-state index in [1.807, 2.05) is 36.4 Å². The molecule has 1 aromatic heterocycles. The zero-order chi connectivity index (χ0) is 33.1. The predicted molar refractivity (Wildman–Crippen MR) is 181 cm³/mol. The van der Waals surface area contributed by atoms with Crippen LogP contribution in [0.1, 0.15) is 35.2 Å². The van der Waals surface area contributed by atoms with Gasteiger partial charge in [-0.25, -0.2) is 9.38 Å². The molecule has 2 heterocycles. The number of aromatic nitrogens is 1. The van der Waals surface area contributed by atoms with Gasteiger partial charge in [-0.15, -0.1) is 0 Å². The minimum absolute atomic E-state index is 0.252. The number of para-hydroxylation sites is 1. The topological polar surface area (TPSA) is 106 Å². The van der Waals surface area contributed by atoms with E-state index in [1.165, 1.54) is 35.1 Å². The molecule has 0 unspecified atom stereocenters. The van der Waals surface area contributed by atoms with E-state index in [9.17, 15) is 14.0 Å². The van der Waals surface area contributed by atoms with Crippen LogP contribution in [-0.2, 0) is 11.4 Å². The second-order valence-electron chi connectivity index (χ2n) is 10.6. The fraction of sp³-hybridized carbons (Fsp3) is 0.111. The highest BCUT2D eigenvalue weighted by Gasteiger charge is 2.32. The monoisotopic (exact) mass is 708 g/mol. The molecule has 0 spiro atoms. The number of anilines is 1. The van der Waals surface area contributed by atoms with E-state index in [2.05, 4.69) is 32.3 Å². The Morgan fingerprint density at radius 3 is 2.51 bits per heavy atom. The van der Waals surface area contributed by atoms with Crippen LogP contribution in [0, 0.1) is 17.1 Å². The molecule has 1 aliphatic heterocycles. The zero-order valence-electron chi connectivity index (χ0n) is 25.2. The van der Waals surface area contributed by atoms with Crippen LogP contribution < -0.4 is 29.7 Å². The molecule has 0 saturated carbocycles. The minimum atomic E-state index is -0.836. The van der Waals surface area contributed by atoms with Crippen molar-refractivity contribution in [1.29, 1.82) is 5.26 Å². The molecular formula is C36H26BrFN4O4S. The van der Waals surface area contributed by atoms with Gasteiger partial charge in [0.1, 0.15) is 12.4 Å². The van der Waals surface area contributed by atoms with E-state index in [1.54, 1.807) is 55.5 Å². The number of thiazole rings is 1. The molecule has 1 aliphatic rings. The summed E-state index contributed by atoms with van der Waals surface area (Å²) in [5, 5.41) is 11.9. The van der Waals surface area contributed by atoms with Gasteiger partial charge in [0, 0.05) is 5.69 Å². The SMILES string of the molecule is COc1cc(/C=c2/sc3n(c2=O)[C@@H](c2ccc(F)cc2)C(C(=O)Nc2ccccc2)=C(C)N=3)cc(Br)c1OCc1ccc(C#N)cc1. The molecule has 8 nitrogen and oxygen atoms in total. The Balaban J connectivity index is 1.38.